The number of aryl methyl sites for hydroxylation is 1. The van der Waals surface area contributed by atoms with E-state index in [4.69, 9.17) is 4.43 Å². The quantitative estimate of drug-likeness (QED) is 0.209. The summed E-state index contributed by atoms with van der Waals surface area (Å²) in [5.41, 5.74) is 2.45. The van der Waals surface area contributed by atoms with Gasteiger partial charge in [0.2, 0.25) is 0 Å². The summed E-state index contributed by atoms with van der Waals surface area (Å²) in [7, 11) is -2.57. The number of fused-ring (bicyclic) bond motifs is 3. The summed E-state index contributed by atoms with van der Waals surface area (Å²) in [6.07, 6.45) is 4.01. The van der Waals surface area contributed by atoms with Gasteiger partial charge in [-0.2, -0.15) is 0 Å². The lowest BCUT2D eigenvalue weighted by Crippen LogP contribution is -2.66. The Labute approximate surface area is 218 Å². The zero-order valence-corrected chi connectivity index (χ0v) is 22.5. The first-order chi connectivity index (χ1) is 17.8. The van der Waals surface area contributed by atoms with Gasteiger partial charge in [-0.3, -0.25) is 4.98 Å². The van der Waals surface area contributed by atoms with E-state index < -0.39 is 14.4 Å². The van der Waals surface area contributed by atoms with Crippen LogP contribution in [-0.4, -0.2) is 35.7 Å². The van der Waals surface area contributed by atoms with Crippen molar-refractivity contribution in [2.45, 2.75) is 38.7 Å². The van der Waals surface area contributed by atoms with Gasteiger partial charge in [-0.15, -0.1) is 0 Å². The summed E-state index contributed by atoms with van der Waals surface area (Å²) in [5.74, 6) is 0. The molecule has 0 aliphatic carbocycles. The van der Waals surface area contributed by atoms with Gasteiger partial charge in [0.25, 0.3) is 8.32 Å². The summed E-state index contributed by atoms with van der Waals surface area (Å²) >= 11 is 0. The molecule has 1 N–H and O–H groups in total. The Morgan fingerprint density at radius 3 is 2.14 bits per heavy atom. The molecule has 0 aliphatic heterocycles. The maximum Gasteiger partial charge on any atom is 0.416 e. The van der Waals surface area contributed by atoms with Crippen molar-refractivity contribution in [1.29, 1.82) is 0 Å². The fraction of sp³-hybridized carbons (Fsp3) is 0.226. The van der Waals surface area contributed by atoms with Crippen molar-refractivity contribution in [3.05, 3.63) is 103 Å². The maximum absolute atomic E-state index is 12.1. The number of carboxylic acid groups (broad SMARTS) is 1. The number of carbonyl (C=O) groups is 1. The lowest BCUT2D eigenvalue weighted by molar-refractivity contribution is 0.198. The number of nitrogens with zero attached hydrogens (tertiary/aromatic N) is 2. The zero-order chi connectivity index (χ0) is 26.0. The molecule has 0 saturated heterocycles. The third-order valence-corrected chi connectivity index (χ3v) is 12.2. The van der Waals surface area contributed by atoms with Crippen LogP contribution in [0.15, 0.2) is 97.3 Å². The van der Waals surface area contributed by atoms with Crippen LogP contribution in [0.4, 0.5) is 4.79 Å². The Morgan fingerprint density at radius 2 is 1.54 bits per heavy atom. The highest BCUT2D eigenvalue weighted by atomic mass is 28.4. The van der Waals surface area contributed by atoms with Crippen molar-refractivity contribution in [3.8, 4) is 0 Å². The van der Waals surface area contributed by atoms with Crippen molar-refractivity contribution in [3.63, 3.8) is 0 Å². The highest BCUT2D eigenvalue weighted by Crippen LogP contribution is 2.37. The van der Waals surface area contributed by atoms with E-state index in [0.29, 0.717) is 17.6 Å². The van der Waals surface area contributed by atoms with Gasteiger partial charge in [-0.25, -0.2) is 9.36 Å². The third kappa shape index (κ3) is 4.47. The third-order valence-electron chi connectivity index (χ3n) is 7.17. The van der Waals surface area contributed by atoms with Crippen molar-refractivity contribution in [1.82, 2.24) is 9.55 Å². The topological polar surface area (TPSA) is 64.4 Å². The summed E-state index contributed by atoms with van der Waals surface area (Å²) in [6, 6.07) is 29.2. The molecule has 0 saturated carbocycles. The zero-order valence-electron chi connectivity index (χ0n) is 21.5. The smallest absolute Gasteiger partial charge is 0.416 e. The van der Waals surface area contributed by atoms with Crippen LogP contribution in [0.2, 0.25) is 5.04 Å². The SMILES string of the molecule is CC(C)(C)[Si](OCCCc1ccc2c3cnccc3n(C(=O)O)c2c1)(c1ccccc1)c1ccccc1. The fourth-order valence-corrected chi connectivity index (χ4v) is 10.1. The van der Waals surface area contributed by atoms with Gasteiger partial charge >= 0.3 is 6.09 Å². The Hall–Kier alpha value is -3.74. The van der Waals surface area contributed by atoms with E-state index in [1.165, 1.54) is 14.9 Å². The number of rotatable bonds is 7. The average molecular weight is 509 g/mol. The molecule has 0 fully saturated rings. The van der Waals surface area contributed by atoms with Crippen LogP contribution in [0.5, 0.6) is 0 Å². The second-order valence-corrected chi connectivity index (χ2v) is 14.8. The Bertz CT molecular complexity index is 1500. The predicted molar refractivity (Wildman–Crippen MR) is 153 cm³/mol. The minimum Gasteiger partial charge on any atom is -0.464 e. The van der Waals surface area contributed by atoms with Crippen molar-refractivity contribution in [2.75, 3.05) is 6.61 Å². The van der Waals surface area contributed by atoms with Crippen molar-refractivity contribution >= 4 is 46.6 Å². The van der Waals surface area contributed by atoms with Crippen LogP contribution in [0.3, 0.4) is 0 Å². The monoisotopic (exact) mass is 508 g/mol. The van der Waals surface area contributed by atoms with Crippen LogP contribution in [-0.2, 0) is 10.8 Å². The van der Waals surface area contributed by atoms with E-state index in [1.807, 2.05) is 12.1 Å². The molecule has 0 amide bonds. The normalized spacial score (nSPS) is 12.3. The van der Waals surface area contributed by atoms with Gasteiger partial charge in [0.1, 0.15) is 0 Å². The van der Waals surface area contributed by atoms with Gasteiger partial charge in [0, 0.05) is 29.8 Å². The largest absolute Gasteiger partial charge is 0.464 e. The summed E-state index contributed by atoms with van der Waals surface area (Å²) in [4.78, 5) is 16.3. The molecule has 5 aromatic rings. The number of hydrogen-bond donors (Lipinski definition) is 1. The van der Waals surface area contributed by atoms with E-state index in [1.54, 1.807) is 18.5 Å². The van der Waals surface area contributed by atoms with E-state index >= 15 is 0 Å². The van der Waals surface area contributed by atoms with Crippen LogP contribution >= 0.6 is 0 Å². The van der Waals surface area contributed by atoms with Crippen LogP contribution in [0.1, 0.15) is 32.8 Å². The molecular formula is C31H32N2O3Si. The van der Waals surface area contributed by atoms with Crippen molar-refractivity contribution < 1.29 is 14.3 Å². The molecule has 2 aromatic heterocycles. The minimum absolute atomic E-state index is 0.0644. The average Bonchev–Trinajstić information content (AvgIpc) is 3.23. The first kappa shape index (κ1) is 24.9. The number of aromatic nitrogens is 2. The highest BCUT2D eigenvalue weighted by molar-refractivity contribution is 6.99. The first-order valence-corrected chi connectivity index (χ1v) is 14.6. The van der Waals surface area contributed by atoms with Crippen molar-refractivity contribution in [2.24, 2.45) is 0 Å². The van der Waals surface area contributed by atoms with Gasteiger partial charge < -0.3 is 9.53 Å². The van der Waals surface area contributed by atoms with E-state index in [2.05, 4.69) is 92.5 Å². The number of benzene rings is 3. The minimum atomic E-state index is -2.57. The summed E-state index contributed by atoms with van der Waals surface area (Å²) < 4.78 is 8.37. The Balaban J connectivity index is 1.42. The molecule has 0 atom stereocenters. The van der Waals surface area contributed by atoms with E-state index in [9.17, 15) is 9.90 Å². The molecule has 0 bridgehead atoms. The fourth-order valence-electron chi connectivity index (χ4n) is 5.53. The highest BCUT2D eigenvalue weighted by Gasteiger charge is 2.49. The lowest BCUT2D eigenvalue weighted by Gasteiger charge is -2.43. The maximum atomic E-state index is 12.1. The summed E-state index contributed by atoms with van der Waals surface area (Å²) in [5, 5.41) is 14.1. The van der Waals surface area contributed by atoms with E-state index in [0.717, 1.165) is 29.2 Å². The predicted octanol–water partition coefficient (Wildman–Crippen LogP) is 6.22. The molecule has 0 radical (unpaired) electrons. The second kappa shape index (κ2) is 9.96. The molecule has 5 nitrogen and oxygen atoms in total. The first-order valence-electron chi connectivity index (χ1n) is 12.7. The Kier molecular flexibility index (Phi) is 6.71. The molecule has 0 aliphatic rings. The Morgan fingerprint density at radius 1 is 0.892 bits per heavy atom. The molecule has 3 aromatic carbocycles. The van der Waals surface area contributed by atoms with E-state index in [-0.39, 0.29) is 5.04 Å². The molecule has 6 heteroatoms. The molecule has 5 rings (SSSR count). The van der Waals surface area contributed by atoms with Crippen LogP contribution in [0.25, 0.3) is 21.8 Å². The van der Waals surface area contributed by atoms with Gasteiger partial charge in [0.05, 0.1) is 11.0 Å². The lowest BCUT2D eigenvalue weighted by atomic mass is 10.1. The molecular weight excluding hydrogens is 476 g/mol. The molecule has 2 heterocycles. The standard InChI is InChI=1S/C31H32N2O3Si/c1-31(2,3)37(24-12-6-4-7-13-24,25-14-8-5-9-15-25)36-20-10-11-23-16-17-26-27-22-32-19-18-28(27)33(30(34)35)29(26)21-23/h4-9,12-19,21-22H,10-11,20H2,1-3H3,(H,34,35). The molecule has 0 unspecified atom stereocenters. The van der Waals surface area contributed by atoms with Gasteiger partial charge in [0.15, 0.2) is 0 Å². The molecule has 0 spiro atoms. The molecule has 188 valence electrons. The van der Waals surface area contributed by atoms with Crippen LogP contribution < -0.4 is 10.4 Å². The molecule has 37 heavy (non-hydrogen) atoms. The number of hydrogen-bond acceptors (Lipinski definition) is 3. The number of pyridine rings is 1. The van der Waals surface area contributed by atoms with Gasteiger partial charge in [-0.1, -0.05) is 93.6 Å². The van der Waals surface area contributed by atoms with Gasteiger partial charge in [-0.05, 0) is 45.9 Å². The summed E-state index contributed by atoms with van der Waals surface area (Å²) in [6.45, 7) is 7.48. The second-order valence-electron chi connectivity index (χ2n) is 10.5. The van der Waals surface area contributed by atoms with Crippen LogP contribution in [0, 0.1) is 0 Å².